The molecule has 5 heteroatoms. The van der Waals surface area contributed by atoms with Gasteiger partial charge in [-0.3, -0.25) is 4.79 Å². The third-order valence-electron chi connectivity index (χ3n) is 3.21. The van der Waals surface area contributed by atoms with E-state index in [1.807, 2.05) is 32.0 Å². The number of urea groups is 1. The summed E-state index contributed by atoms with van der Waals surface area (Å²) in [5, 5.41) is 5.43. The van der Waals surface area contributed by atoms with Gasteiger partial charge in [0.15, 0.2) is 0 Å². The summed E-state index contributed by atoms with van der Waals surface area (Å²) in [5.74, 6) is -0.314. The Morgan fingerprint density at radius 1 is 1.30 bits per heavy atom. The third kappa shape index (κ3) is 4.26. The van der Waals surface area contributed by atoms with Gasteiger partial charge in [0, 0.05) is 26.3 Å². The molecule has 0 saturated heterocycles. The molecular formula is C15H23N3O2. The predicted molar refractivity (Wildman–Crippen MR) is 80.8 cm³/mol. The molecule has 0 heterocycles. The molecule has 110 valence electrons. The number of aryl methyl sites for hydroxylation is 2. The van der Waals surface area contributed by atoms with Crippen molar-refractivity contribution in [3.63, 3.8) is 0 Å². The largest absolute Gasteiger partial charge is 0.359 e. The lowest BCUT2D eigenvalue weighted by Gasteiger charge is -2.21. The molecular weight excluding hydrogens is 254 g/mol. The lowest BCUT2D eigenvalue weighted by Crippen LogP contribution is -2.39. The van der Waals surface area contributed by atoms with Crippen LogP contribution in [0.5, 0.6) is 0 Å². The maximum atomic E-state index is 12.1. The number of amides is 3. The summed E-state index contributed by atoms with van der Waals surface area (Å²) < 4.78 is 0. The number of carbonyl (C=O) groups is 2. The van der Waals surface area contributed by atoms with E-state index in [2.05, 4.69) is 10.6 Å². The molecule has 0 unspecified atom stereocenters. The summed E-state index contributed by atoms with van der Waals surface area (Å²) in [4.78, 5) is 25.0. The van der Waals surface area contributed by atoms with E-state index in [-0.39, 0.29) is 17.9 Å². The number of anilines is 1. The fourth-order valence-electron chi connectivity index (χ4n) is 1.99. The summed E-state index contributed by atoms with van der Waals surface area (Å²) in [6.45, 7) is 6.13. The van der Waals surface area contributed by atoms with Crippen molar-refractivity contribution >= 4 is 17.6 Å². The number of nitrogens with zero attached hydrogens (tertiary/aromatic N) is 1. The Balaban J connectivity index is 2.64. The van der Waals surface area contributed by atoms with Crippen LogP contribution in [0.3, 0.4) is 0 Å². The van der Waals surface area contributed by atoms with Crippen LogP contribution in [-0.4, -0.2) is 37.5 Å². The molecule has 5 nitrogen and oxygen atoms in total. The first kappa shape index (κ1) is 16.0. The number of carbonyl (C=O) groups excluding carboxylic acids is 2. The van der Waals surface area contributed by atoms with Crippen molar-refractivity contribution in [1.29, 1.82) is 0 Å². The zero-order chi connectivity index (χ0) is 15.3. The minimum absolute atomic E-state index is 0.0730. The summed E-state index contributed by atoms with van der Waals surface area (Å²) >= 11 is 0. The first-order valence-corrected chi connectivity index (χ1v) is 6.66. The summed E-state index contributed by atoms with van der Waals surface area (Å²) in [6.07, 6.45) is 0. The molecule has 0 saturated carbocycles. The zero-order valence-electron chi connectivity index (χ0n) is 12.8. The zero-order valence-corrected chi connectivity index (χ0v) is 12.8. The van der Waals surface area contributed by atoms with Crippen LogP contribution < -0.4 is 10.6 Å². The number of benzene rings is 1. The number of hydrogen-bond acceptors (Lipinski definition) is 2. The molecule has 1 aromatic rings. The molecule has 0 spiro atoms. The van der Waals surface area contributed by atoms with Crippen molar-refractivity contribution in [2.75, 3.05) is 26.0 Å². The Hall–Kier alpha value is -2.04. The Bertz CT molecular complexity index is 500. The van der Waals surface area contributed by atoms with Crippen LogP contribution in [0.15, 0.2) is 18.2 Å². The monoisotopic (exact) mass is 277 g/mol. The van der Waals surface area contributed by atoms with Gasteiger partial charge in [-0.05, 0) is 25.5 Å². The van der Waals surface area contributed by atoms with Gasteiger partial charge in [0.05, 0.1) is 5.92 Å². The molecule has 3 amide bonds. The average molecular weight is 277 g/mol. The third-order valence-corrected chi connectivity index (χ3v) is 3.21. The van der Waals surface area contributed by atoms with Gasteiger partial charge in [-0.15, -0.1) is 0 Å². The molecule has 0 radical (unpaired) electrons. The minimum atomic E-state index is -0.241. The molecule has 1 aromatic carbocycles. The van der Waals surface area contributed by atoms with Crippen LogP contribution in [0, 0.1) is 19.8 Å². The number of hydrogen-bond donors (Lipinski definition) is 2. The van der Waals surface area contributed by atoms with E-state index in [4.69, 9.17) is 0 Å². The average Bonchev–Trinajstić information content (AvgIpc) is 2.40. The maximum Gasteiger partial charge on any atom is 0.321 e. The van der Waals surface area contributed by atoms with Crippen molar-refractivity contribution in [2.24, 2.45) is 5.92 Å². The standard InChI is InChI=1S/C15H23N3O2/c1-10-6-7-13(11(2)8-10)17-15(20)18(5)9-12(3)14(19)16-4/h6-8,12H,9H2,1-5H3,(H,16,19)(H,17,20)/t12-/m0/s1. The fourth-order valence-corrected chi connectivity index (χ4v) is 1.99. The van der Waals surface area contributed by atoms with Crippen molar-refractivity contribution in [3.05, 3.63) is 29.3 Å². The van der Waals surface area contributed by atoms with Crippen LogP contribution in [0.25, 0.3) is 0 Å². The highest BCUT2D eigenvalue weighted by Crippen LogP contribution is 2.16. The van der Waals surface area contributed by atoms with Gasteiger partial charge < -0.3 is 15.5 Å². The van der Waals surface area contributed by atoms with Crippen molar-refractivity contribution in [3.8, 4) is 0 Å². The van der Waals surface area contributed by atoms with E-state index in [0.717, 1.165) is 16.8 Å². The summed E-state index contributed by atoms with van der Waals surface area (Å²) in [6, 6.07) is 5.64. The second kappa shape index (κ2) is 6.93. The van der Waals surface area contributed by atoms with Crippen LogP contribution >= 0.6 is 0 Å². The van der Waals surface area contributed by atoms with Crippen LogP contribution in [0.2, 0.25) is 0 Å². The maximum absolute atomic E-state index is 12.1. The first-order chi connectivity index (χ1) is 9.35. The van der Waals surface area contributed by atoms with E-state index in [1.54, 1.807) is 21.0 Å². The van der Waals surface area contributed by atoms with Gasteiger partial charge in [-0.25, -0.2) is 4.79 Å². The SMILES string of the molecule is CNC(=O)[C@@H](C)CN(C)C(=O)Nc1ccc(C)cc1C. The van der Waals surface area contributed by atoms with Crippen molar-refractivity contribution < 1.29 is 9.59 Å². The predicted octanol–water partition coefficient (Wildman–Crippen LogP) is 2.15. The molecule has 2 N–H and O–H groups in total. The van der Waals surface area contributed by atoms with Gasteiger partial charge in [0.25, 0.3) is 0 Å². The molecule has 0 fully saturated rings. The Morgan fingerprint density at radius 3 is 2.50 bits per heavy atom. The number of rotatable bonds is 4. The summed E-state index contributed by atoms with van der Waals surface area (Å²) in [5.41, 5.74) is 2.97. The molecule has 20 heavy (non-hydrogen) atoms. The van der Waals surface area contributed by atoms with Crippen LogP contribution in [0.4, 0.5) is 10.5 Å². The van der Waals surface area contributed by atoms with E-state index in [1.165, 1.54) is 4.90 Å². The van der Waals surface area contributed by atoms with Crippen LogP contribution in [0.1, 0.15) is 18.1 Å². The van der Waals surface area contributed by atoms with Crippen molar-refractivity contribution in [2.45, 2.75) is 20.8 Å². The number of nitrogens with one attached hydrogen (secondary N) is 2. The molecule has 1 rings (SSSR count). The first-order valence-electron chi connectivity index (χ1n) is 6.66. The van der Waals surface area contributed by atoms with Gasteiger partial charge in [0.1, 0.15) is 0 Å². The highest BCUT2D eigenvalue weighted by atomic mass is 16.2. The Morgan fingerprint density at radius 2 is 1.95 bits per heavy atom. The van der Waals surface area contributed by atoms with Gasteiger partial charge in [0.2, 0.25) is 5.91 Å². The fraction of sp³-hybridized carbons (Fsp3) is 0.467. The lowest BCUT2D eigenvalue weighted by molar-refractivity contribution is -0.124. The molecule has 0 bridgehead atoms. The second-order valence-electron chi connectivity index (χ2n) is 5.14. The molecule has 0 aliphatic rings. The van der Waals surface area contributed by atoms with E-state index in [0.29, 0.717) is 6.54 Å². The summed E-state index contributed by atoms with van der Waals surface area (Å²) in [7, 11) is 3.27. The lowest BCUT2D eigenvalue weighted by atomic mass is 10.1. The topological polar surface area (TPSA) is 61.4 Å². The molecule has 0 aliphatic carbocycles. The van der Waals surface area contributed by atoms with Crippen molar-refractivity contribution in [1.82, 2.24) is 10.2 Å². The van der Waals surface area contributed by atoms with Crippen LogP contribution in [-0.2, 0) is 4.79 Å². The Labute approximate surface area is 120 Å². The van der Waals surface area contributed by atoms with E-state index in [9.17, 15) is 9.59 Å². The Kier molecular flexibility index (Phi) is 5.55. The second-order valence-corrected chi connectivity index (χ2v) is 5.14. The van der Waals surface area contributed by atoms with Gasteiger partial charge in [-0.1, -0.05) is 24.6 Å². The van der Waals surface area contributed by atoms with E-state index < -0.39 is 0 Å². The molecule has 1 atom stereocenters. The highest BCUT2D eigenvalue weighted by molar-refractivity contribution is 5.90. The normalized spacial score (nSPS) is 11.7. The molecule has 0 aromatic heterocycles. The minimum Gasteiger partial charge on any atom is -0.359 e. The van der Waals surface area contributed by atoms with Gasteiger partial charge in [-0.2, -0.15) is 0 Å². The molecule has 0 aliphatic heterocycles. The quantitative estimate of drug-likeness (QED) is 0.886. The smallest absolute Gasteiger partial charge is 0.321 e. The highest BCUT2D eigenvalue weighted by Gasteiger charge is 2.17. The van der Waals surface area contributed by atoms with E-state index >= 15 is 0 Å². The van der Waals surface area contributed by atoms with Gasteiger partial charge >= 0.3 is 6.03 Å².